The molecule has 0 saturated heterocycles. The zero-order valence-electron chi connectivity index (χ0n) is 7.59. The predicted octanol–water partition coefficient (Wildman–Crippen LogP) is 0.748. The van der Waals surface area contributed by atoms with Crippen LogP contribution in [0.3, 0.4) is 0 Å². The Labute approximate surface area is 83.2 Å². The van der Waals surface area contributed by atoms with Crippen LogP contribution in [-0.4, -0.2) is 50.8 Å². The van der Waals surface area contributed by atoms with Crippen LogP contribution in [0.15, 0.2) is 0 Å². The third kappa shape index (κ3) is 8.49. The van der Waals surface area contributed by atoms with Gasteiger partial charge in [-0.3, -0.25) is 0 Å². The van der Waals surface area contributed by atoms with E-state index in [9.17, 15) is 8.42 Å². The molecule has 0 aliphatic carbocycles. The first-order chi connectivity index (χ1) is 5.45. The Morgan fingerprint density at radius 2 is 1.92 bits per heavy atom. The molecule has 0 aromatic heterocycles. The van der Waals surface area contributed by atoms with Crippen molar-refractivity contribution >= 4 is 25.8 Å². The van der Waals surface area contributed by atoms with Gasteiger partial charge in [-0.05, 0) is 20.0 Å². The Bertz CT molecular complexity index is 203. The lowest BCUT2D eigenvalue weighted by Gasteiger charge is -2.14. The van der Waals surface area contributed by atoms with E-state index < -0.39 is 9.84 Å². The summed E-state index contributed by atoms with van der Waals surface area (Å²) in [5, 5.41) is 0.968. The maximum atomic E-state index is 10.8. The fourth-order valence-electron chi connectivity index (χ4n) is 0.763. The van der Waals surface area contributed by atoms with Crippen molar-refractivity contribution in [1.29, 1.82) is 0 Å². The molecule has 0 fully saturated rings. The number of sulfone groups is 1. The van der Waals surface area contributed by atoms with Crippen LogP contribution < -0.4 is 0 Å². The number of alkyl halides is 1. The number of hydrogen-bond donors (Lipinski definition) is 0. The molecular formula is C7H16BrNO2S. The summed E-state index contributed by atoms with van der Waals surface area (Å²) in [4.78, 5) is 2.03. The molecule has 0 radical (unpaired) electrons. The van der Waals surface area contributed by atoms with Gasteiger partial charge >= 0.3 is 0 Å². The van der Waals surface area contributed by atoms with Crippen LogP contribution in [0.5, 0.6) is 0 Å². The Balaban J connectivity index is 3.51. The van der Waals surface area contributed by atoms with E-state index in [-0.39, 0.29) is 5.75 Å². The average Bonchev–Trinajstić information content (AvgIpc) is 1.95. The first kappa shape index (κ1) is 12.4. The van der Waals surface area contributed by atoms with Crippen molar-refractivity contribution < 1.29 is 8.42 Å². The molecule has 0 aliphatic rings. The summed E-state index contributed by atoms with van der Waals surface area (Å²) in [6.07, 6.45) is 2.32. The lowest BCUT2D eigenvalue weighted by molar-refractivity contribution is 0.355. The van der Waals surface area contributed by atoms with E-state index in [1.165, 1.54) is 6.26 Å². The smallest absolute Gasteiger partial charge is 0.148 e. The lowest BCUT2D eigenvalue weighted by Crippen LogP contribution is -2.26. The second-order valence-electron chi connectivity index (χ2n) is 2.98. The van der Waals surface area contributed by atoms with Gasteiger partial charge in [-0.2, -0.15) is 0 Å². The summed E-state index contributed by atoms with van der Waals surface area (Å²) in [6, 6.07) is 0. The molecule has 0 unspecified atom stereocenters. The van der Waals surface area contributed by atoms with Gasteiger partial charge in [0.25, 0.3) is 0 Å². The topological polar surface area (TPSA) is 37.4 Å². The largest absolute Gasteiger partial charge is 0.305 e. The van der Waals surface area contributed by atoms with Gasteiger partial charge in [0, 0.05) is 18.1 Å². The molecule has 5 heteroatoms. The highest BCUT2D eigenvalue weighted by Gasteiger charge is 2.04. The molecule has 0 aromatic rings. The molecule has 0 amide bonds. The van der Waals surface area contributed by atoms with Gasteiger partial charge in [0.2, 0.25) is 0 Å². The first-order valence-electron chi connectivity index (χ1n) is 3.88. The van der Waals surface area contributed by atoms with Crippen LogP contribution in [0.25, 0.3) is 0 Å². The van der Waals surface area contributed by atoms with Crippen LogP contribution >= 0.6 is 15.9 Å². The molecule has 0 aliphatic heterocycles. The van der Waals surface area contributed by atoms with Gasteiger partial charge in [-0.15, -0.1) is 0 Å². The van der Waals surface area contributed by atoms with Gasteiger partial charge in [-0.25, -0.2) is 8.42 Å². The Morgan fingerprint density at radius 3 is 2.33 bits per heavy atom. The van der Waals surface area contributed by atoms with Gasteiger partial charge in [0.1, 0.15) is 9.84 Å². The maximum absolute atomic E-state index is 10.8. The van der Waals surface area contributed by atoms with Crippen LogP contribution in [0, 0.1) is 0 Å². The first-order valence-corrected chi connectivity index (χ1v) is 7.06. The molecule has 3 nitrogen and oxygen atoms in total. The van der Waals surface area contributed by atoms with Gasteiger partial charge in [0.05, 0.1) is 5.75 Å². The maximum Gasteiger partial charge on any atom is 0.148 e. The molecule has 12 heavy (non-hydrogen) atoms. The SMILES string of the molecule is CN(CCCBr)CCS(C)(=O)=O. The lowest BCUT2D eigenvalue weighted by atomic mass is 10.4. The molecular weight excluding hydrogens is 242 g/mol. The van der Waals surface area contributed by atoms with E-state index in [2.05, 4.69) is 15.9 Å². The summed E-state index contributed by atoms with van der Waals surface area (Å²) < 4.78 is 21.5. The standard InChI is InChI=1S/C7H16BrNO2S/c1-9(5-3-4-8)6-7-12(2,10)11/h3-7H2,1-2H3. The van der Waals surface area contributed by atoms with E-state index in [4.69, 9.17) is 0 Å². The van der Waals surface area contributed by atoms with Crippen molar-refractivity contribution in [2.75, 3.05) is 37.5 Å². The van der Waals surface area contributed by atoms with E-state index in [1.54, 1.807) is 0 Å². The van der Waals surface area contributed by atoms with E-state index in [1.807, 2.05) is 11.9 Å². The average molecular weight is 258 g/mol. The Kier molecular flexibility index (Phi) is 6.13. The predicted molar refractivity (Wildman–Crippen MR) is 55.6 cm³/mol. The van der Waals surface area contributed by atoms with Crippen molar-refractivity contribution in [3.8, 4) is 0 Å². The highest BCUT2D eigenvalue weighted by Crippen LogP contribution is 1.92. The van der Waals surface area contributed by atoms with Crippen molar-refractivity contribution in [3.05, 3.63) is 0 Å². The highest BCUT2D eigenvalue weighted by atomic mass is 79.9. The molecule has 0 bridgehead atoms. The molecule has 0 aromatic carbocycles. The Morgan fingerprint density at radius 1 is 1.33 bits per heavy atom. The molecule has 0 N–H and O–H groups in total. The summed E-state index contributed by atoms with van der Waals surface area (Å²) in [7, 11) is -0.859. The van der Waals surface area contributed by atoms with Crippen LogP contribution in [0.4, 0.5) is 0 Å². The van der Waals surface area contributed by atoms with Crippen molar-refractivity contribution in [2.24, 2.45) is 0 Å². The summed E-state index contributed by atoms with van der Waals surface area (Å²) in [6.45, 7) is 1.58. The van der Waals surface area contributed by atoms with Gasteiger partial charge < -0.3 is 4.90 Å². The second-order valence-corrected chi connectivity index (χ2v) is 6.03. The van der Waals surface area contributed by atoms with Crippen molar-refractivity contribution in [3.63, 3.8) is 0 Å². The van der Waals surface area contributed by atoms with E-state index in [0.717, 1.165) is 18.3 Å². The summed E-state index contributed by atoms with van der Waals surface area (Å²) in [5.41, 5.74) is 0. The highest BCUT2D eigenvalue weighted by molar-refractivity contribution is 9.09. The number of halogens is 1. The molecule has 74 valence electrons. The van der Waals surface area contributed by atoms with Gasteiger partial charge in [0.15, 0.2) is 0 Å². The van der Waals surface area contributed by atoms with Crippen molar-refractivity contribution in [2.45, 2.75) is 6.42 Å². The third-order valence-corrected chi connectivity index (χ3v) is 3.00. The van der Waals surface area contributed by atoms with E-state index in [0.29, 0.717) is 6.54 Å². The summed E-state index contributed by atoms with van der Waals surface area (Å²) >= 11 is 3.32. The van der Waals surface area contributed by atoms with Crippen LogP contribution in [0.1, 0.15) is 6.42 Å². The van der Waals surface area contributed by atoms with Gasteiger partial charge in [-0.1, -0.05) is 15.9 Å². The summed E-state index contributed by atoms with van der Waals surface area (Å²) in [5.74, 6) is 0.256. The fraction of sp³-hybridized carbons (Fsp3) is 1.00. The number of hydrogen-bond acceptors (Lipinski definition) is 3. The minimum Gasteiger partial charge on any atom is -0.305 e. The van der Waals surface area contributed by atoms with Crippen LogP contribution in [-0.2, 0) is 9.84 Å². The third-order valence-electron chi connectivity index (χ3n) is 1.52. The molecule has 0 heterocycles. The monoisotopic (exact) mass is 257 g/mol. The minimum absolute atomic E-state index is 0.256. The van der Waals surface area contributed by atoms with E-state index >= 15 is 0 Å². The Hall–Kier alpha value is 0.390. The van der Waals surface area contributed by atoms with Crippen LogP contribution in [0.2, 0.25) is 0 Å². The molecule has 0 rings (SSSR count). The second kappa shape index (κ2) is 5.94. The molecule has 0 spiro atoms. The molecule has 0 saturated carbocycles. The zero-order chi connectivity index (χ0) is 9.61. The number of rotatable bonds is 6. The van der Waals surface area contributed by atoms with Crippen molar-refractivity contribution in [1.82, 2.24) is 4.90 Å². The molecule has 0 atom stereocenters. The zero-order valence-corrected chi connectivity index (χ0v) is 9.99. The quantitative estimate of drug-likeness (QED) is 0.660. The minimum atomic E-state index is -2.80. The number of nitrogens with zero attached hydrogens (tertiary/aromatic N) is 1. The fourth-order valence-corrected chi connectivity index (χ4v) is 1.66. The normalized spacial score (nSPS) is 12.3.